The van der Waals surface area contributed by atoms with Gasteiger partial charge in [0.1, 0.15) is 24.9 Å². The molecule has 10 heteroatoms. The van der Waals surface area contributed by atoms with E-state index in [1.807, 2.05) is 41.5 Å². The number of carbonyl (C=O) groups is 4. The van der Waals surface area contributed by atoms with Crippen molar-refractivity contribution in [3.05, 3.63) is 11.8 Å². The minimum atomic E-state index is -1.91. The van der Waals surface area contributed by atoms with Gasteiger partial charge >= 0.3 is 23.9 Å². The van der Waals surface area contributed by atoms with E-state index in [2.05, 4.69) is 0 Å². The summed E-state index contributed by atoms with van der Waals surface area (Å²) < 4.78 is 27.7. The highest BCUT2D eigenvalue weighted by molar-refractivity contribution is 5.71. The fraction of sp³-hybridized carbons (Fsp3) is 0.778. The zero-order valence-electron chi connectivity index (χ0n) is 23.0. The number of esters is 4. The van der Waals surface area contributed by atoms with Crippen molar-refractivity contribution < 1.29 is 48.0 Å². The summed E-state index contributed by atoms with van der Waals surface area (Å²) in [5, 5.41) is 11.9. The molecular formula is C27H42O10. The molecule has 1 heterocycles. The van der Waals surface area contributed by atoms with Crippen molar-refractivity contribution in [3.8, 4) is 0 Å². The number of carbonyl (C=O) groups excluding carboxylic acids is 4. The third kappa shape index (κ3) is 8.72. The Labute approximate surface area is 219 Å². The molecule has 0 bridgehead atoms. The van der Waals surface area contributed by atoms with E-state index in [1.54, 1.807) is 0 Å². The third-order valence-corrected chi connectivity index (χ3v) is 6.30. The molecule has 1 aliphatic heterocycles. The van der Waals surface area contributed by atoms with Gasteiger partial charge in [-0.3, -0.25) is 19.2 Å². The Hall–Kier alpha value is -2.62. The average molecular weight is 527 g/mol. The van der Waals surface area contributed by atoms with Crippen molar-refractivity contribution in [2.75, 3.05) is 13.2 Å². The SMILES string of the molecule is CC(=O)O[C@@H]1C[C@@H]2C(COC(=O)CC(C)C)=CO[C@H](OC(=O)CC(C)C)[C@H]2[C@@]1(O)COC(=O)CC(C)C. The van der Waals surface area contributed by atoms with E-state index in [4.69, 9.17) is 23.7 Å². The number of rotatable bonds is 12. The van der Waals surface area contributed by atoms with Crippen LogP contribution in [0.2, 0.25) is 0 Å². The second kappa shape index (κ2) is 13.3. The molecule has 2 aliphatic rings. The first-order valence-electron chi connectivity index (χ1n) is 13.0. The number of fused-ring (bicyclic) bond motifs is 1. The highest BCUT2D eigenvalue weighted by Crippen LogP contribution is 2.50. The molecule has 1 aliphatic carbocycles. The van der Waals surface area contributed by atoms with Crippen molar-refractivity contribution in [1.29, 1.82) is 0 Å². The van der Waals surface area contributed by atoms with Gasteiger partial charge in [-0.2, -0.15) is 0 Å². The van der Waals surface area contributed by atoms with Crippen molar-refractivity contribution in [2.45, 2.75) is 92.1 Å². The van der Waals surface area contributed by atoms with Crippen molar-refractivity contribution in [2.24, 2.45) is 29.6 Å². The maximum atomic E-state index is 12.5. The third-order valence-electron chi connectivity index (χ3n) is 6.30. The predicted octanol–water partition coefficient (Wildman–Crippen LogP) is 3.29. The van der Waals surface area contributed by atoms with Gasteiger partial charge in [0.15, 0.2) is 0 Å². The quantitative estimate of drug-likeness (QED) is 0.298. The maximum absolute atomic E-state index is 12.5. The molecule has 5 atom stereocenters. The highest BCUT2D eigenvalue weighted by atomic mass is 16.7. The van der Waals surface area contributed by atoms with E-state index in [0.717, 1.165) is 0 Å². The summed E-state index contributed by atoms with van der Waals surface area (Å²) in [5.74, 6) is -3.33. The Kier molecular flexibility index (Phi) is 11.0. The number of hydrogen-bond acceptors (Lipinski definition) is 10. The van der Waals surface area contributed by atoms with E-state index >= 15 is 0 Å². The predicted molar refractivity (Wildman–Crippen MR) is 131 cm³/mol. The van der Waals surface area contributed by atoms with Crippen LogP contribution in [0.15, 0.2) is 11.8 Å². The van der Waals surface area contributed by atoms with Crippen molar-refractivity contribution in [1.82, 2.24) is 0 Å². The second-order valence-electron chi connectivity index (χ2n) is 11.3. The summed E-state index contributed by atoms with van der Waals surface area (Å²) in [4.78, 5) is 48.9. The molecule has 0 saturated heterocycles. The van der Waals surface area contributed by atoms with E-state index in [0.29, 0.717) is 5.57 Å². The standard InChI is InChI=1S/C27H42O10/c1-15(2)8-22(29)33-12-19-13-34-26(37-24(31)10-17(5)6)25-20(19)11-21(36-18(7)28)27(25,32)14-35-23(30)9-16(3)4/h13,15-17,20-21,25-26,32H,8-12,14H2,1-7H3/t20-,21-,25+,26-,27-/m1/s1. The molecule has 10 nitrogen and oxygen atoms in total. The molecule has 1 fully saturated rings. The van der Waals surface area contributed by atoms with Gasteiger partial charge in [-0.05, 0) is 24.2 Å². The molecular weight excluding hydrogens is 484 g/mol. The minimum absolute atomic E-state index is 0.0339. The van der Waals surface area contributed by atoms with Crippen LogP contribution in [0.1, 0.15) is 74.1 Å². The molecule has 0 unspecified atom stereocenters. The lowest BCUT2D eigenvalue weighted by Crippen LogP contribution is -2.55. The van der Waals surface area contributed by atoms with Crippen LogP contribution in [0.4, 0.5) is 0 Å². The minimum Gasteiger partial charge on any atom is -0.462 e. The van der Waals surface area contributed by atoms with Gasteiger partial charge in [0.2, 0.25) is 6.29 Å². The van der Waals surface area contributed by atoms with Crippen molar-refractivity contribution >= 4 is 23.9 Å². The first-order valence-corrected chi connectivity index (χ1v) is 13.0. The summed E-state index contributed by atoms with van der Waals surface area (Å²) in [6.07, 6.45) is -0.270. The number of hydrogen-bond donors (Lipinski definition) is 1. The van der Waals surface area contributed by atoms with E-state index < -0.39 is 54.3 Å². The van der Waals surface area contributed by atoms with Gasteiger partial charge in [0, 0.05) is 37.7 Å². The molecule has 0 aromatic heterocycles. The van der Waals surface area contributed by atoms with Crippen LogP contribution >= 0.6 is 0 Å². The molecule has 0 amide bonds. The monoisotopic (exact) mass is 526 g/mol. The molecule has 0 spiro atoms. The van der Waals surface area contributed by atoms with Gasteiger partial charge in [-0.1, -0.05) is 41.5 Å². The fourth-order valence-corrected chi connectivity index (χ4v) is 4.72. The number of ether oxygens (including phenoxy) is 5. The van der Waals surface area contributed by atoms with E-state index in [1.165, 1.54) is 13.2 Å². The van der Waals surface area contributed by atoms with Crippen LogP contribution in [0.25, 0.3) is 0 Å². The Balaban J connectivity index is 2.37. The van der Waals surface area contributed by atoms with Crippen LogP contribution in [-0.4, -0.2) is 60.2 Å². The maximum Gasteiger partial charge on any atom is 0.309 e. The molecule has 0 aromatic rings. The molecule has 2 rings (SSSR count). The Bertz CT molecular complexity index is 861. The first kappa shape index (κ1) is 30.6. The normalized spacial score (nSPS) is 26.8. The van der Waals surface area contributed by atoms with Crippen LogP contribution < -0.4 is 0 Å². The average Bonchev–Trinajstić information content (AvgIpc) is 3.02. The Morgan fingerprint density at radius 2 is 1.46 bits per heavy atom. The summed E-state index contributed by atoms with van der Waals surface area (Å²) in [7, 11) is 0. The number of aliphatic hydroxyl groups is 1. The highest BCUT2D eigenvalue weighted by Gasteiger charge is 2.63. The molecule has 1 N–H and O–H groups in total. The lowest BCUT2D eigenvalue weighted by Gasteiger charge is -2.40. The topological polar surface area (TPSA) is 135 Å². The fourth-order valence-electron chi connectivity index (χ4n) is 4.72. The Morgan fingerprint density at radius 1 is 0.919 bits per heavy atom. The summed E-state index contributed by atoms with van der Waals surface area (Å²) in [6.45, 7) is 11.9. The molecule has 0 radical (unpaired) electrons. The van der Waals surface area contributed by atoms with Gasteiger partial charge in [-0.15, -0.1) is 0 Å². The van der Waals surface area contributed by atoms with Gasteiger partial charge in [0.25, 0.3) is 0 Å². The largest absolute Gasteiger partial charge is 0.462 e. The summed E-state index contributed by atoms with van der Waals surface area (Å²) in [5.41, 5.74) is -1.37. The summed E-state index contributed by atoms with van der Waals surface area (Å²) in [6, 6.07) is 0. The molecule has 0 aromatic carbocycles. The van der Waals surface area contributed by atoms with Crippen LogP contribution in [0, 0.1) is 29.6 Å². The van der Waals surface area contributed by atoms with Gasteiger partial charge in [-0.25, -0.2) is 0 Å². The molecule has 37 heavy (non-hydrogen) atoms. The van der Waals surface area contributed by atoms with E-state index in [-0.39, 0.29) is 56.0 Å². The molecule has 210 valence electrons. The lowest BCUT2D eigenvalue weighted by molar-refractivity contribution is -0.225. The van der Waals surface area contributed by atoms with E-state index in [9.17, 15) is 24.3 Å². The lowest BCUT2D eigenvalue weighted by atomic mass is 9.80. The first-order chi connectivity index (χ1) is 17.2. The van der Waals surface area contributed by atoms with Crippen LogP contribution in [0.5, 0.6) is 0 Å². The zero-order valence-corrected chi connectivity index (χ0v) is 23.0. The van der Waals surface area contributed by atoms with Crippen LogP contribution in [-0.2, 0) is 42.9 Å². The zero-order chi connectivity index (χ0) is 27.9. The summed E-state index contributed by atoms with van der Waals surface area (Å²) >= 11 is 0. The second-order valence-corrected chi connectivity index (χ2v) is 11.3. The molecule has 1 saturated carbocycles. The smallest absolute Gasteiger partial charge is 0.309 e. The Morgan fingerprint density at radius 3 is 2.00 bits per heavy atom. The van der Waals surface area contributed by atoms with Gasteiger partial charge in [0.05, 0.1) is 12.2 Å². The van der Waals surface area contributed by atoms with Crippen molar-refractivity contribution in [3.63, 3.8) is 0 Å². The van der Waals surface area contributed by atoms with Crippen LogP contribution in [0.3, 0.4) is 0 Å². The van der Waals surface area contributed by atoms with Gasteiger partial charge < -0.3 is 28.8 Å².